The van der Waals surface area contributed by atoms with Crippen LogP contribution in [0.15, 0.2) is 72.8 Å². The Morgan fingerprint density at radius 1 is 0.700 bits per heavy atom. The fraction of sp³-hybridized carbons (Fsp3) is 0.111. The van der Waals surface area contributed by atoms with Gasteiger partial charge in [-0.1, -0.05) is 66.7 Å². The minimum atomic E-state index is -0.774. The quantitative estimate of drug-likeness (QED) is 0.817. The van der Waals surface area contributed by atoms with Crippen LogP contribution in [0.1, 0.15) is 17.5 Å². The molecule has 0 amide bonds. The second kappa shape index (κ2) is 5.08. The van der Waals surface area contributed by atoms with Crippen molar-refractivity contribution >= 4 is 11.1 Å². The summed E-state index contributed by atoms with van der Waals surface area (Å²) in [6, 6.07) is 20.6. The molecule has 0 aromatic heterocycles. The van der Waals surface area contributed by atoms with E-state index in [-0.39, 0.29) is 0 Å². The molecule has 0 unspecified atom stereocenters. The average molecular weight is 262 g/mol. The van der Waals surface area contributed by atoms with Crippen LogP contribution in [-0.2, 0) is 0 Å². The van der Waals surface area contributed by atoms with Crippen molar-refractivity contribution in [2.24, 2.45) is 11.5 Å². The molecular formula is C18H18N2. The Balaban J connectivity index is 2.10. The average Bonchev–Trinajstić information content (AvgIpc) is 2.48. The van der Waals surface area contributed by atoms with Crippen LogP contribution in [0.5, 0.6) is 0 Å². The molecular weight excluding hydrogens is 244 g/mol. The highest BCUT2D eigenvalue weighted by Crippen LogP contribution is 2.36. The lowest BCUT2D eigenvalue weighted by atomic mass is 9.84. The largest absolute Gasteiger partial charge is 0.310 e. The molecule has 100 valence electrons. The first-order chi connectivity index (χ1) is 9.66. The number of hydrogen-bond donors (Lipinski definition) is 2. The second-order valence-corrected chi connectivity index (χ2v) is 5.22. The molecule has 0 heterocycles. The van der Waals surface area contributed by atoms with Gasteiger partial charge in [-0.05, 0) is 28.3 Å². The summed E-state index contributed by atoms with van der Waals surface area (Å²) in [5.74, 6) is 0. The van der Waals surface area contributed by atoms with Gasteiger partial charge in [0.2, 0.25) is 0 Å². The zero-order chi connectivity index (χ0) is 14.0. The zero-order valence-electron chi connectivity index (χ0n) is 11.3. The van der Waals surface area contributed by atoms with Gasteiger partial charge < -0.3 is 11.5 Å². The van der Waals surface area contributed by atoms with Crippen molar-refractivity contribution in [2.75, 3.05) is 0 Å². The molecule has 0 bridgehead atoms. The first kappa shape index (κ1) is 12.9. The molecule has 4 N–H and O–H groups in total. The van der Waals surface area contributed by atoms with E-state index in [9.17, 15) is 0 Å². The van der Waals surface area contributed by atoms with Gasteiger partial charge in [0.05, 0.1) is 5.66 Å². The van der Waals surface area contributed by atoms with Crippen molar-refractivity contribution in [1.82, 2.24) is 0 Å². The van der Waals surface area contributed by atoms with Gasteiger partial charge in [-0.2, -0.15) is 0 Å². The molecule has 0 fully saturated rings. The highest BCUT2D eigenvalue weighted by molar-refractivity contribution is 6.06. The summed E-state index contributed by atoms with van der Waals surface area (Å²) in [6.45, 7) is 0. The van der Waals surface area contributed by atoms with Crippen molar-refractivity contribution in [2.45, 2.75) is 12.1 Å². The fourth-order valence-corrected chi connectivity index (χ4v) is 2.54. The smallest absolute Gasteiger partial charge is 0.0873 e. The molecule has 0 saturated heterocycles. The van der Waals surface area contributed by atoms with Crippen molar-refractivity contribution in [3.63, 3.8) is 0 Å². The summed E-state index contributed by atoms with van der Waals surface area (Å²) < 4.78 is 0. The summed E-state index contributed by atoms with van der Waals surface area (Å²) in [5, 5.41) is 0. The third-order valence-electron chi connectivity index (χ3n) is 3.53. The third kappa shape index (κ3) is 2.57. The first-order valence-corrected chi connectivity index (χ1v) is 6.78. The van der Waals surface area contributed by atoms with Gasteiger partial charge in [0.1, 0.15) is 0 Å². The summed E-state index contributed by atoms with van der Waals surface area (Å²) in [5.41, 5.74) is 16.1. The van der Waals surface area contributed by atoms with Crippen molar-refractivity contribution in [1.29, 1.82) is 0 Å². The first-order valence-electron chi connectivity index (χ1n) is 6.78. The Morgan fingerprint density at radius 3 is 1.75 bits per heavy atom. The van der Waals surface area contributed by atoms with Crippen LogP contribution >= 0.6 is 0 Å². The fourth-order valence-electron chi connectivity index (χ4n) is 2.54. The maximum atomic E-state index is 6.10. The van der Waals surface area contributed by atoms with Crippen molar-refractivity contribution < 1.29 is 0 Å². The summed E-state index contributed by atoms with van der Waals surface area (Å²) in [6.07, 6.45) is 4.76. The van der Waals surface area contributed by atoms with Crippen molar-refractivity contribution in [3.8, 4) is 0 Å². The van der Waals surface area contributed by atoms with Crippen LogP contribution < -0.4 is 11.5 Å². The van der Waals surface area contributed by atoms with E-state index in [4.69, 9.17) is 11.5 Å². The Hall–Kier alpha value is -2.16. The maximum absolute atomic E-state index is 6.10. The molecule has 1 aliphatic rings. The van der Waals surface area contributed by atoms with Gasteiger partial charge in [0.25, 0.3) is 0 Å². The Labute approximate surface area is 119 Å². The number of benzene rings is 2. The standard InChI is InChI=1S/C18H18N2/c19-18(20)12-11-16(14-7-3-1-4-8-14)17(13-18)15-9-5-2-6-10-15/h1-11,13H,12,19-20H2. The predicted molar refractivity (Wildman–Crippen MR) is 84.6 cm³/mol. The molecule has 2 aromatic rings. The van der Waals surface area contributed by atoms with E-state index >= 15 is 0 Å². The van der Waals surface area contributed by atoms with Gasteiger partial charge in [0, 0.05) is 6.42 Å². The van der Waals surface area contributed by atoms with Crippen LogP contribution in [-0.4, -0.2) is 5.66 Å². The lowest BCUT2D eigenvalue weighted by molar-refractivity contribution is 0.561. The molecule has 2 nitrogen and oxygen atoms in total. The van der Waals surface area contributed by atoms with E-state index in [1.165, 1.54) is 11.1 Å². The van der Waals surface area contributed by atoms with Crippen LogP contribution in [0.2, 0.25) is 0 Å². The molecule has 20 heavy (non-hydrogen) atoms. The van der Waals surface area contributed by atoms with Crippen LogP contribution in [0.4, 0.5) is 0 Å². The van der Waals surface area contributed by atoms with E-state index in [1.807, 2.05) is 42.5 Å². The molecule has 0 aliphatic heterocycles. The third-order valence-corrected chi connectivity index (χ3v) is 3.53. The van der Waals surface area contributed by atoms with Crippen molar-refractivity contribution in [3.05, 3.63) is 83.9 Å². The molecule has 0 atom stereocenters. The van der Waals surface area contributed by atoms with E-state index in [1.54, 1.807) is 0 Å². The summed E-state index contributed by atoms with van der Waals surface area (Å²) >= 11 is 0. The topological polar surface area (TPSA) is 52.0 Å². The van der Waals surface area contributed by atoms with Gasteiger partial charge in [0.15, 0.2) is 0 Å². The van der Waals surface area contributed by atoms with Crippen LogP contribution in [0.3, 0.4) is 0 Å². The minimum absolute atomic E-state index is 0.646. The Morgan fingerprint density at radius 2 is 1.20 bits per heavy atom. The monoisotopic (exact) mass is 262 g/mol. The summed E-state index contributed by atoms with van der Waals surface area (Å²) in [4.78, 5) is 0. The summed E-state index contributed by atoms with van der Waals surface area (Å²) in [7, 11) is 0. The number of nitrogens with two attached hydrogens (primary N) is 2. The minimum Gasteiger partial charge on any atom is -0.310 e. The number of rotatable bonds is 2. The highest BCUT2D eigenvalue weighted by Gasteiger charge is 2.23. The highest BCUT2D eigenvalue weighted by atomic mass is 14.9. The van der Waals surface area contributed by atoms with Gasteiger partial charge >= 0.3 is 0 Å². The van der Waals surface area contributed by atoms with E-state index in [0.717, 1.165) is 11.1 Å². The van der Waals surface area contributed by atoms with Gasteiger partial charge in [-0.3, -0.25) is 0 Å². The van der Waals surface area contributed by atoms with Gasteiger partial charge in [-0.25, -0.2) is 0 Å². The molecule has 0 saturated carbocycles. The Bertz CT molecular complexity index is 652. The molecule has 0 radical (unpaired) electrons. The molecule has 1 aliphatic carbocycles. The van der Waals surface area contributed by atoms with E-state index in [0.29, 0.717) is 6.42 Å². The van der Waals surface area contributed by atoms with E-state index < -0.39 is 5.66 Å². The SMILES string of the molecule is NC1(N)C=C(c2ccccc2)C(c2ccccc2)=CC1. The lowest BCUT2D eigenvalue weighted by Crippen LogP contribution is -2.48. The number of hydrogen-bond acceptors (Lipinski definition) is 2. The van der Waals surface area contributed by atoms with Crippen LogP contribution in [0, 0.1) is 0 Å². The normalized spacial score (nSPS) is 17.3. The zero-order valence-corrected chi connectivity index (χ0v) is 11.3. The molecule has 2 heteroatoms. The molecule has 3 rings (SSSR count). The molecule has 0 spiro atoms. The van der Waals surface area contributed by atoms with E-state index in [2.05, 4.69) is 30.3 Å². The van der Waals surface area contributed by atoms with Gasteiger partial charge in [-0.15, -0.1) is 0 Å². The second-order valence-electron chi connectivity index (χ2n) is 5.22. The van der Waals surface area contributed by atoms with Crippen LogP contribution in [0.25, 0.3) is 11.1 Å². The maximum Gasteiger partial charge on any atom is 0.0873 e. The Kier molecular flexibility index (Phi) is 3.26. The molecule has 2 aromatic carbocycles. The number of allylic oxidation sites excluding steroid dienone is 2. The predicted octanol–water partition coefficient (Wildman–Crippen LogP) is 3.17. The lowest BCUT2D eigenvalue weighted by Gasteiger charge is -2.27.